The van der Waals surface area contributed by atoms with Crippen LogP contribution in [0.5, 0.6) is 0 Å². The van der Waals surface area contributed by atoms with E-state index >= 15 is 0 Å². The van der Waals surface area contributed by atoms with Gasteiger partial charge in [0.05, 0.1) is 5.75 Å². The van der Waals surface area contributed by atoms with Gasteiger partial charge >= 0.3 is 0 Å². The Hall–Kier alpha value is -2.40. The molecule has 0 aliphatic heterocycles. The van der Waals surface area contributed by atoms with Crippen molar-refractivity contribution >= 4 is 17.5 Å². The zero-order valence-electron chi connectivity index (χ0n) is 14.8. The van der Waals surface area contributed by atoms with E-state index in [-0.39, 0.29) is 5.78 Å². The standard InChI is InChI=1S/C21H21N3OS/c1-2-24-20(18-12-13-18)22-23-21(24)26-14-19(25)17-10-8-16(9-11-17)15-6-4-3-5-7-15/h3-11,18H,2,12-14H2,1H3. The normalized spacial score (nSPS) is 13.7. The number of benzene rings is 2. The van der Waals surface area contributed by atoms with Gasteiger partial charge in [-0.1, -0.05) is 66.4 Å². The molecule has 1 aliphatic carbocycles. The number of thioether (sulfide) groups is 1. The van der Waals surface area contributed by atoms with E-state index < -0.39 is 0 Å². The van der Waals surface area contributed by atoms with Gasteiger partial charge in [-0.25, -0.2) is 0 Å². The number of nitrogens with zero attached hydrogens (tertiary/aromatic N) is 3. The minimum Gasteiger partial charge on any atom is -0.306 e. The SMILES string of the molecule is CCn1c(SCC(=O)c2ccc(-c3ccccc3)cc2)nnc1C1CC1. The predicted molar refractivity (Wildman–Crippen MR) is 105 cm³/mol. The van der Waals surface area contributed by atoms with E-state index in [1.807, 2.05) is 42.5 Å². The highest BCUT2D eigenvalue weighted by atomic mass is 32.2. The van der Waals surface area contributed by atoms with E-state index in [1.165, 1.54) is 24.6 Å². The molecule has 0 atom stereocenters. The van der Waals surface area contributed by atoms with Crippen LogP contribution in [0.3, 0.4) is 0 Å². The van der Waals surface area contributed by atoms with Crippen LogP contribution in [0.2, 0.25) is 0 Å². The molecule has 0 amide bonds. The molecular formula is C21H21N3OS. The van der Waals surface area contributed by atoms with Crippen LogP contribution in [0.25, 0.3) is 11.1 Å². The van der Waals surface area contributed by atoms with Crippen molar-refractivity contribution in [3.05, 3.63) is 66.0 Å². The molecular weight excluding hydrogens is 342 g/mol. The maximum atomic E-state index is 12.5. The topological polar surface area (TPSA) is 47.8 Å². The molecule has 132 valence electrons. The summed E-state index contributed by atoms with van der Waals surface area (Å²) in [7, 11) is 0. The number of aromatic nitrogens is 3. The maximum absolute atomic E-state index is 12.5. The smallest absolute Gasteiger partial charge is 0.191 e. The lowest BCUT2D eigenvalue weighted by atomic mass is 10.0. The van der Waals surface area contributed by atoms with Crippen LogP contribution in [0.4, 0.5) is 0 Å². The molecule has 1 saturated carbocycles. The molecule has 0 radical (unpaired) electrons. The minimum absolute atomic E-state index is 0.119. The van der Waals surface area contributed by atoms with Crippen molar-refractivity contribution in [3.8, 4) is 11.1 Å². The average Bonchev–Trinajstić information content (AvgIpc) is 3.46. The van der Waals surface area contributed by atoms with Crippen LogP contribution < -0.4 is 0 Å². The summed E-state index contributed by atoms with van der Waals surface area (Å²) in [5.74, 6) is 2.15. The molecule has 2 aromatic carbocycles. The summed E-state index contributed by atoms with van der Waals surface area (Å²) >= 11 is 1.48. The molecule has 0 N–H and O–H groups in total. The lowest BCUT2D eigenvalue weighted by Crippen LogP contribution is -2.06. The van der Waals surface area contributed by atoms with Crippen molar-refractivity contribution in [1.29, 1.82) is 0 Å². The first-order chi connectivity index (χ1) is 12.8. The third-order valence-corrected chi connectivity index (χ3v) is 5.62. The van der Waals surface area contributed by atoms with E-state index in [9.17, 15) is 4.79 Å². The fourth-order valence-corrected chi connectivity index (χ4v) is 3.94. The van der Waals surface area contributed by atoms with Gasteiger partial charge in [0.15, 0.2) is 10.9 Å². The van der Waals surface area contributed by atoms with Crippen LogP contribution in [-0.4, -0.2) is 26.3 Å². The van der Waals surface area contributed by atoms with E-state index in [0.717, 1.165) is 34.2 Å². The third kappa shape index (κ3) is 3.58. The van der Waals surface area contributed by atoms with Crippen LogP contribution in [0.1, 0.15) is 41.9 Å². The number of ketones is 1. The molecule has 1 aromatic heterocycles. The molecule has 0 saturated heterocycles. The van der Waals surface area contributed by atoms with Gasteiger partial charge in [0, 0.05) is 18.0 Å². The van der Waals surface area contributed by atoms with E-state index in [1.54, 1.807) is 0 Å². The molecule has 4 rings (SSSR count). The minimum atomic E-state index is 0.119. The first kappa shape index (κ1) is 17.0. The van der Waals surface area contributed by atoms with E-state index in [0.29, 0.717) is 11.7 Å². The lowest BCUT2D eigenvalue weighted by molar-refractivity contribution is 0.102. The summed E-state index contributed by atoms with van der Waals surface area (Å²) in [5, 5.41) is 9.47. The van der Waals surface area contributed by atoms with Gasteiger partial charge in [0.1, 0.15) is 5.82 Å². The number of hydrogen-bond acceptors (Lipinski definition) is 4. The molecule has 0 bridgehead atoms. The van der Waals surface area contributed by atoms with Crippen molar-refractivity contribution in [2.45, 2.75) is 37.4 Å². The number of rotatable bonds is 7. The summed E-state index contributed by atoms with van der Waals surface area (Å²) in [6.07, 6.45) is 2.41. The van der Waals surface area contributed by atoms with Gasteiger partial charge in [-0.2, -0.15) is 0 Å². The molecule has 5 heteroatoms. The van der Waals surface area contributed by atoms with Crippen molar-refractivity contribution in [2.24, 2.45) is 0 Å². The quantitative estimate of drug-likeness (QED) is 0.446. The third-order valence-electron chi connectivity index (χ3n) is 4.65. The Morgan fingerprint density at radius 1 is 1.04 bits per heavy atom. The first-order valence-corrected chi connectivity index (χ1v) is 9.99. The second-order valence-electron chi connectivity index (χ2n) is 6.51. The van der Waals surface area contributed by atoms with Crippen molar-refractivity contribution in [3.63, 3.8) is 0 Å². The van der Waals surface area contributed by atoms with Crippen LogP contribution >= 0.6 is 11.8 Å². The zero-order valence-corrected chi connectivity index (χ0v) is 15.6. The van der Waals surface area contributed by atoms with Crippen LogP contribution in [0.15, 0.2) is 59.8 Å². The van der Waals surface area contributed by atoms with Gasteiger partial charge in [0.25, 0.3) is 0 Å². The highest BCUT2D eigenvalue weighted by molar-refractivity contribution is 7.99. The Balaban J connectivity index is 1.42. The molecule has 26 heavy (non-hydrogen) atoms. The van der Waals surface area contributed by atoms with Gasteiger partial charge in [-0.15, -0.1) is 10.2 Å². The largest absolute Gasteiger partial charge is 0.306 e. The summed E-state index contributed by atoms with van der Waals surface area (Å²) in [6.45, 7) is 2.95. The number of Topliss-reactive ketones (excluding diaryl/α,β-unsaturated/α-hetero) is 1. The van der Waals surface area contributed by atoms with Crippen molar-refractivity contribution in [2.75, 3.05) is 5.75 Å². The molecule has 0 unspecified atom stereocenters. The molecule has 4 nitrogen and oxygen atoms in total. The Morgan fingerprint density at radius 2 is 1.73 bits per heavy atom. The van der Waals surface area contributed by atoms with E-state index in [2.05, 4.69) is 33.8 Å². The van der Waals surface area contributed by atoms with Gasteiger partial charge in [0.2, 0.25) is 0 Å². The Morgan fingerprint density at radius 3 is 2.38 bits per heavy atom. The van der Waals surface area contributed by atoms with Crippen molar-refractivity contribution < 1.29 is 4.79 Å². The Bertz CT molecular complexity index is 899. The molecule has 1 heterocycles. The Kier molecular flexibility index (Phi) is 4.89. The Labute approximate surface area is 157 Å². The van der Waals surface area contributed by atoms with Crippen LogP contribution in [-0.2, 0) is 6.54 Å². The maximum Gasteiger partial charge on any atom is 0.191 e. The second kappa shape index (κ2) is 7.46. The van der Waals surface area contributed by atoms with Crippen molar-refractivity contribution in [1.82, 2.24) is 14.8 Å². The van der Waals surface area contributed by atoms with E-state index in [4.69, 9.17) is 0 Å². The van der Waals surface area contributed by atoms with Gasteiger partial charge in [-0.3, -0.25) is 4.79 Å². The number of hydrogen-bond donors (Lipinski definition) is 0. The monoisotopic (exact) mass is 363 g/mol. The lowest BCUT2D eigenvalue weighted by Gasteiger charge is -2.07. The summed E-state index contributed by atoms with van der Waals surface area (Å²) in [4.78, 5) is 12.5. The fraction of sp³-hybridized carbons (Fsp3) is 0.286. The predicted octanol–water partition coefficient (Wildman–Crippen LogP) is 4.82. The first-order valence-electron chi connectivity index (χ1n) is 9.01. The zero-order chi connectivity index (χ0) is 17.9. The summed E-state index contributed by atoms with van der Waals surface area (Å²) in [5.41, 5.74) is 3.02. The molecule has 1 aliphatic rings. The summed E-state index contributed by atoms with van der Waals surface area (Å²) in [6, 6.07) is 18.0. The highest BCUT2D eigenvalue weighted by Crippen LogP contribution is 2.40. The molecule has 0 spiro atoms. The van der Waals surface area contributed by atoms with Gasteiger partial charge in [-0.05, 0) is 30.9 Å². The van der Waals surface area contributed by atoms with Crippen LogP contribution in [0, 0.1) is 0 Å². The van der Waals surface area contributed by atoms with Gasteiger partial charge < -0.3 is 4.57 Å². The average molecular weight is 363 g/mol. The summed E-state index contributed by atoms with van der Waals surface area (Å²) < 4.78 is 2.15. The molecule has 3 aromatic rings. The molecule has 1 fully saturated rings. The highest BCUT2D eigenvalue weighted by Gasteiger charge is 2.30. The number of carbonyl (C=O) groups is 1. The fourth-order valence-electron chi connectivity index (χ4n) is 3.04. The second-order valence-corrected chi connectivity index (χ2v) is 7.46. The number of carbonyl (C=O) groups excluding carboxylic acids is 1.